The highest BCUT2D eigenvalue weighted by Gasteiger charge is 2.36. The van der Waals surface area contributed by atoms with Gasteiger partial charge < -0.3 is 15.0 Å². The molecule has 0 aliphatic carbocycles. The highest BCUT2D eigenvalue weighted by Crippen LogP contribution is 2.26. The number of amides is 2. The van der Waals surface area contributed by atoms with Crippen LogP contribution in [-0.4, -0.2) is 61.6 Å². The first-order valence-corrected chi connectivity index (χ1v) is 9.90. The second-order valence-electron chi connectivity index (χ2n) is 8.06. The molecular weight excluding hydrogens is 342 g/mol. The van der Waals surface area contributed by atoms with Crippen LogP contribution in [0.5, 0.6) is 0 Å². The molecular formula is C21H31N3O3. The summed E-state index contributed by atoms with van der Waals surface area (Å²) >= 11 is 0. The largest absolute Gasteiger partial charge is 0.379 e. The number of rotatable bonds is 6. The predicted molar refractivity (Wildman–Crippen MR) is 106 cm³/mol. The van der Waals surface area contributed by atoms with E-state index in [0.717, 1.165) is 38.4 Å². The van der Waals surface area contributed by atoms with E-state index in [0.29, 0.717) is 13.1 Å². The zero-order chi connectivity index (χ0) is 19.4. The standard InChI is InChI=1S/C21H31N3O3/c1-4-16-5-7-18(8-6-16)24-14-17(13-19(24)25)20(26)22-15-21(2,3)23-9-11-27-12-10-23/h5-8,17H,4,9-15H2,1-3H3,(H,22,26)/t17-/m0/s1. The molecule has 0 unspecified atom stereocenters. The van der Waals surface area contributed by atoms with E-state index in [4.69, 9.17) is 4.74 Å². The number of aryl methyl sites for hydroxylation is 1. The molecule has 6 heteroatoms. The van der Waals surface area contributed by atoms with Crippen LogP contribution in [0.25, 0.3) is 0 Å². The van der Waals surface area contributed by atoms with Crippen LogP contribution < -0.4 is 10.2 Å². The van der Waals surface area contributed by atoms with E-state index in [2.05, 4.69) is 31.0 Å². The maximum Gasteiger partial charge on any atom is 0.227 e. The Morgan fingerprint density at radius 3 is 2.52 bits per heavy atom. The molecule has 27 heavy (non-hydrogen) atoms. The van der Waals surface area contributed by atoms with Crippen LogP contribution in [0.2, 0.25) is 0 Å². The molecule has 1 N–H and O–H groups in total. The normalized spacial score (nSPS) is 21.5. The minimum Gasteiger partial charge on any atom is -0.379 e. The molecule has 0 aromatic heterocycles. The third-order valence-electron chi connectivity index (χ3n) is 5.71. The molecule has 148 valence electrons. The van der Waals surface area contributed by atoms with Gasteiger partial charge in [0.15, 0.2) is 0 Å². The molecule has 2 heterocycles. The molecule has 0 radical (unpaired) electrons. The quantitative estimate of drug-likeness (QED) is 0.826. The third kappa shape index (κ3) is 4.68. The van der Waals surface area contributed by atoms with Gasteiger partial charge >= 0.3 is 0 Å². The average Bonchev–Trinajstić information content (AvgIpc) is 3.08. The van der Waals surface area contributed by atoms with Gasteiger partial charge in [-0.15, -0.1) is 0 Å². The minimum atomic E-state index is -0.288. The van der Waals surface area contributed by atoms with Crippen molar-refractivity contribution >= 4 is 17.5 Å². The molecule has 0 saturated carbocycles. The summed E-state index contributed by atoms with van der Waals surface area (Å²) in [6.45, 7) is 10.6. The van der Waals surface area contributed by atoms with Crippen molar-refractivity contribution in [1.29, 1.82) is 0 Å². The molecule has 2 amide bonds. The number of anilines is 1. The van der Waals surface area contributed by atoms with Crippen LogP contribution in [0.3, 0.4) is 0 Å². The fourth-order valence-electron chi connectivity index (χ4n) is 3.77. The Labute approximate surface area is 161 Å². The van der Waals surface area contributed by atoms with Crippen molar-refractivity contribution in [2.45, 2.75) is 39.2 Å². The number of hydrogen-bond donors (Lipinski definition) is 1. The first kappa shape index (κ1) is 19.8. The van der Waals surface area contributed by atoms with E-state index in [9.17, 15) is 9.59 Å². The molecule has 1 aromatic carbocycles. The van der Waals surface area contributed by atoms with Crippen molar-refractivity contribution in [2.24, 2.45) is 5.92 Å². The SMILES string of the molecule is CCc1ccc(N2C[C@@H](C(=O)NCC(C)(C)N3CCOCC3)CC2=O)cc1. The van der Waals surface area contributed by atoms with Crippen LogP contribution in [0, 0.1) is 5.92 Å². The Balaban J connectivity index is 1.55. The van der Waals surface area contributed by atoms with Crippen LogP contribution in [-0.2, 0) is 20.7 Å². The summed E-state index contributed by atoms with van der Waals surface area (Å²) in [5.74, 6) is -0.298. The number of carbonyl (C=O) groups excluding carboxylic acids is 2. The van der Waals surface area contributed by atoms with Crippen molar-refractivity contribution in [3.63, 3.8) is 0 Å². The summed E-state index contributed by atoms with van der Waals surface area (Å²) in [5.41, 5.74) is 1.99. The van der Waals surface area contributed by atoms with Gasteiger partial charge in [-0.05, 0) is 38.0 Å². The van der Waals surface area contributed by atoms with Crippen LogP contribution in [0.15, 0.2) is 24.3 Å². The maximum absolute atomic E-state index is 12.7. The predicted octanol–water partition coefficient (Wildman–Crippen LogP) is 1.83. The van der Waals surface area contributed by atoms with Crippen LogP contribution in [0.1, 0.15) is 32.8 Å². The van der Waals surface area contributed by atoms with Gasteiger partial charge in [-0.25, -0.2) is 0 Å². The van der Waals surface area contributed by atoms with Crippen molar-refractivity contribution in [3.05, 3.63) is 29.8 Å². The summed E-state index contributed by atoms with van der Waals surface area (Å²) in [6, 6.07) is 8.03. The monoisotopic (exact) mass is 373 g/mol. The van der Waals surface area contributed by atoms with Gasteiger partial charge in [0.2, 0.25) is 11.8 Å². The minimum absolute atomic E-state index is 0.0202. The molecule has 6 nitrogen and oxygen atoms in total. The number of benzene rings is 1. The fourth-order valence-corrected chi connectivity index (χ4v) is 3.77. The molecule has 3 rings (SSSR count). The Kier molecular flexibility index (Phi) is 6.17. The van der Waals surface area contributed by atoms with Crippen LogP contribution in [0.4, 0.5) is 5.69 Å². The molecule has 2 aliphatic rings. The topological polar surface area (TPSA) is 61.9 Å². The lowest BCUT2D eigenvalue weighted by Gasteiger charge is -2.41. The van der Waals surface area contributed by atoms with Gasteiger partial charge in [0, 0.05) is 43.8 Å². The smallest absolute Gasteiger partial charge is 0.227 e. The van der Waals surface area contributed by atoms with Gasteiger partial charge in [-0.3, -0.25) is 14.5 Å². The first-order chi connectivity index (χ1) is 12.9. The van der Waals surface area contributed by atoms with Crippen molar-refractivity contribution in [3.8, 4) is 0 Å². The van der Waals surface area contributed by atoms with Gasteiger partial charge in [-0.1, -0.05) is 19.1 Å². The number of morpholine rings is 1. The Bertz CT molecular complexity index is 666. The maximum atomic E-state index is 12.7. The summed E-state index contributed by atoms with van der Waals surface area (Å²) in [7, 11) is 0. The van der Waals surface area contributed by atoms with Gasteiger partial charge in [0.25, 0.3) is 0 Å². The summed E-state index contributed by atoms with van der Waals surface area (Å²) in [5, 5.41) is 3.07. The van der Waals surface area contributed by atoms with E-state index in [1.54, 1.807) is 4.90 Å². The van der Waals surface area contributed by atoms with E-state index < -0.39 is 0 Å². The molecule has 2 saturated heterocycles. The van der Waals surface area contributed by atoms with E-state index in [-0.39, 0.29) is 29.7 Å². The Morgan fingerprint density at radius 2 is 1.89 bits per heavy atom. The molecule has 0 bridgehead atoms. The number of carbonyl (C=O) groups is 2. The lowest BCUT2D eigenvalue weighted by atomic mass is 10.0. The van der Waals surface area contributed by atoms with E-state index >= 15 is 0 Å². The van der Waals surface area contributed by atoms with Gasteiger partial charge in [0.05, 0.1) is 19.1 Å². The fraction of sp³-hybridized carbons (Fsp3) is 0.619. The first-order valence-electron chi connectivity index (χ1n) is 9.90. The van der Waals surface area contributed by atoms with E-state index in [1.165, 1.54) is 5.56 Å². The molecule has 1 atom stereocenters. The zero-order valence-corrected chi connectivity index (χ0v) is 16.7. The van der Waals surface area contributed by atoms with Crippen molar-refractivity contribution in [2.75, 3.05) is 44.3 Å². The lowest BCUT2D eigenvalue weighted by molar-refractivity contribution is -0.127. The number of ether oxygens (including phenoxy) is 1. The second-order valence-corrected chi connectivity index (χ2v) is 8.06. The summed E-state index contributed by atoms with van der Waals surface area (Å²) in [6.07, 6.45) is 1.25. The number of nitrogens with zero attached hydrogens (tertiary/aromatic N) is 2. The Hall–Kier alpha value is -1.92. The molecule has 1 aromatic rings. The molecule has 2 fully saturated rings. The highest BCUT2D eigenvalue weighted by atomic mass is 16.5. The van der Waals surface area contributed by atoms with E-state index in [1.807, 2.05) is 24.3 Å². The lowest BCUT2D eigenvalue weighted by Crippen LogP contribution is -2.55. The molecule has 2 aliphatic heterocycles. The Morgan fingerprint density at radius 1 is 1.22 bits per heavy atom. The van der Waals surface area contributed by atoms with Gasteiger partial charge in [-0.2, -0.15) is 0 Å². The highest BCUT2D eigenvalue weighted by molar-refractivity contribution is 6.00. The zero-order valence-electron chi connectivity index (χ0n) is 16.7. The van der Waals surface area contributed by atoms with Crippen molar-refractivity contribution < 1.29 is 14.3 Å². The second kappa shape index (κ2) is 8.40. The number of hydrogen-bond acceptors (Lipinski definition) is 4. The summed E-state index contributed by atoms with van der Waals surface area (Å²) < 4.78 is 5.41. The average molecular weight is 373 g/mol. The molecule has 0 spiro atoms. The van der Waals surface area contributed by atoms with Gasteiger partial charge in [0.1, 0.15) is 0 Å². The van der Waals surface area contributed by atoms with Crippen molar-refractivity contribution in [1.82, 2.24) is 10.2 Å². The van der Waals surface area contributed by atoms with Crippen LogP contribution >= 0.6 is 0 Å². The third-order valence-corrected chi connectivity index (χ3v) is 5.71. The summed E-state index contributed by atoms with van der Waals surface area (Å²) in [4.78, 5) is 29.2. The number of nitrogens with one attached hydrogen (secondary N) is 1.